The van der Waals surface area contributed by atoms with Crippen LogP contribution in [0.2, 0.25) is 0 Å². The maximum absolute atomic E-state index is 13.4. The molecule has 0 aliphatic carbocycles. The van der Waals surface area contributed by atoms with Crippen LogP contribution in [0, 0.1) is 13.8 Å². The van der Waals surface area contributed by atoms with Crippen LogP contribution in [0.4, 0.5) is 0 Å². The second-order valence-corrected chi connectivity index (χ2v) is 9.53. The molecule has 31 heavy (non-hydrogen) atoms. The van der Waals surface area contributed by atoms with E-state index in [1.165, 1.54) is 16.0 Å². The lowest BCUT2D eigenvalue weighted by Gasteiger charge is -2.37. The minimum atomic E-state index is -0.396. The van der Waals surface area contributed by atoms with Gasteiger partial charge >= 0.3 is 0 Å². The van der Waals surface area contributed by atoms with Crippen molar-refractivity contribution < 1.29 is 14.6 Å². The van der Waals surface area contributed by atoms with Gasteiger partial charge in [-0.05, 0) is 68.3 Å². The number of hydrogen-bond donors (Lipinski definition) is 1. The van der Waals surface area contributed by atoms with E-state index < -0.39 is 6.10 Å². The van der Waals surface area contributed by atoms with Crippen molar-refractivity contribution >= 4 is 17.2 Å². The molecule has 0 unspecified atom stereocenters. The Morgan fingerprint density at radius 3 is 2.84 bits per heavy atom. The fourth-order valence-corrected chi connectivity index (χ4v) is 5.19. The quantitative estimate of drug-likeness (QED) is 0.592. The number of carbonyl (C=O) groups excluding carboxylic acids is 1. The van der Waals surface area contributed by atoms with E-state index in [9.17, 15) is 9.90 Å². The Balaban J connectivity index is 1.74. The fraction of sp³-hybridized carbons (Fsp3) is 0.560. The zero-order valence-electron chi connectivity index (χ0n) is 19.3. The van der Waals surface area contributed by atoms with Crippen molar-refractivity contribution in [3.8, 4) is 5.75 Å². The highest BCUT2D eigenvalue weighted by Crippen LogP contribution is 2.34. The minimum Gasteiger partial charge on any atom is -0.491 e. The number of hydrogen-bond acceptors (Lipinski definition) is 5. The van der Waals surface area contributed by atoms with E-state index >= 15 is 0 Å². The molecule has 170 valence electrons. The average molecular weight is 445 g/mol. The van der Waals surface area contributed by atoms with Gasteiger partial charge in [0.15, 0.2) is 0 Å². The summed E-state index contributed by atoms with van der Waals surface area (Å²) in [6.07, 6.45) is 2.15. The van der Waals surface area contributed by atoms with Gasteiger partial charge in [-0.1, -0.05) is 31.5 Å². The van der Waals surface area contributed by atoms with Crippen LogP contribution in [-0.2, 0) is 11.2 Å². The van der Waals surface area contributed by atoms with Gasteiger partial charge in [-0.25, -0.2) is 0 Å². The molecule has 1 aromatic carbocycles. The topological polar surface area (TPSA) is 53.0 Å². The Morgan fingerprint density at radius 1 is 1.32 bits per heavy atom. The standard InChI is InChI=1S/C25H36N2O3S/c1-5-11-26(15-20(28)6-2)16-25(29)27-12-9-24-21(10-13-31-24)22(27)17-30-23-8-7-18(3)14-19(23)4/h7-8,10,13-14,20,22,28H,5-6,9,11-12,15-17H2,1-4H3/t20-,22-/m1/s1. The molecule has 0 saturated heterocycles. The van der Waals surface area contributed by atoms with Gasteiger partial charge in [-0.3, -0.25) is 9.69 Å². The van der Waals surface area contributed by atoms with Crippen molar-refractivity contribution in [2.75, 3.05) is 32.8 Å². The molecule has 1 amide bonds. The van der Waals surface area contributed by atoms with E-state index in [1.54, 1.807) is 11.3 Å². The largest absolute Gasteiger partial charge is 0.491 e. The summed E-state index contributed by atoms with van der Waals surface area (Å²) in [5.74, 6) is 0.988. The SMILES string of the molecule is CCCN(CC(=O)N1CCc2sccc2[C@H]1COc1ccc(C)cc1C)C[C@H](O)CC. The van der Waals surface area contributed by atoms with Crippen molar-refractivity contribution in [3.05, 3.63) is 51.2 Å². The number of carbonyl (C=O) groups is 1. The second-order valence-electron chi connectivity index (χ2n) is 8.53. The maximum atomic E-state index is 13.4. The summed E-state index contributed by atoms with van der Waals surface area (Å²) in [5.41, 5.74) is 3.54. The predicted octanol–water partition coefficient (Wildman–Crippen LogP) is 4.35. The fourth-order valence-electron chi connectivity index (χ4n) is 4.26. The smallest absolute Gasteiger partial charge is 0.237 e. The summed E-state index contributed by atoms with van der Waals surface area (Å²) in [7, 11) is 0. The van der Waals surface area contributed by atoms with Gasteiger partial charge in [0.1, 0.15) is 12.4 Å². The molecule has 3 rings (SSSR count). The van der Waals surface area contributed by atoms with E-state index in [2.05, 4.69) is 49.3 Å². The summed E-state index contributed by atoms with van der Waals surface area (Å²) >= 11 is 1.77. The Hall–Kier alpha value is -1.89. The molecular formula is C25H36N2O3S. The van der Waals surface area contributed by atoms with Crippen LogP contribution in [-0.4, -0.2) is 59.7 Å². The van der Waals surface area contributed by atoms with Crippen molar-refractivity contribution in [3.63, 3.8) is 0 Å². The number of amides is 1. The summed E-state index contributed by atoms with van der Waals surface area (Å²) in [5, 5.41) is 12.2. The molecule has 5 nitrogen and oxygen atoms in total. The zero-order chi connectivity index (χ0) is 22.4. The number of aliphatic hydroxyl groups excluding tert-OH is 1. The number of nitrogens with zero attached hydrogens (tertiary/aromatic N) is 2. The number of ether oxygens (including phenoxy) is 1. The molecule has 1 aliphatic heterocycles. The highest BCUT2D eigenvalue weighted by molar-refractivity contribution is 7.10. The molecule has 2 aromatic rings. The van der Waals surface area contributed by atoms with Crippen molar-refractivity contribution in [1.29, 1.82) is 0 Å². The normalized spacial score (nSPS) is 17.0. The minimum absolute atomic E-state index is 0.0808. The summed E-state index contributed by atoms with van der Waals surface area (Å²) in [4.78, 5) is 18.8. The molecule has 2 heterocycles. The molecule has 6 heteroatoms. The van der Waals surface area contributed by atoms with E-state index in [4.69, 9.17) is 4.74 Å². The van der Waals surface area contributed by atoms with Crippen LogP contribution in [0.1, 0.15) is 54.3 Å². The Kier molecular flexibility index (Phi) is 8.52. The monoisotopic (exact) mass is 444 g/mol. The van der Waals surface area contributed by atoms with Gasteiger partial charge in [0.25, 0.3) is 0 Å². The van der Waals surface area contributed by atoms with E-state index in [-0.39, 0.29) is 11.9 Å². The van der Waals surface area contributed by atoms with Gasteiger partial charge in [0.05, 0.1) is 18.7 Å². The van der Waals surface area contributed by atoms with Crippen LogP contribution in [0.15, 0.2) is 29.6 Å². The number of benzene rings is 1. The zero-order valence-corrected chi connectivity index (χ0v) is 20.1. The van der Waals surface area contributed by atoms with E-state index in [0.717, 1.165) is 30.7 Å². The van der Waals surface area contributed by atoms with Crippen LogP contribution in [0.5, 0.6) is 5.75 Å². The third-order valence-electron chi connectivity index (χ3n) is 5.98. The Labute approximate surface area is 190 Å². The van der Waals surface area contributed by atoms with Crippen LogP contribution in [0.3, 0.4) is 0 Å². The summed E-state index contributed by atoms with van der Waals surface area (Å²) in [6, 6.07) is 8.26. The van der Waals surface area contributed by atoms with Gasteiger partial charge in [-0.2, -0.15) is 0 Å². The van der Waals surface area contributed by atoms with Crippen LogP contribution in [0.25, 0.3) is 0 Å². The van der Waals surface area contributed by atoms with Crippen LogP contribution < -0.4 is 4.74 Å². The third kappa shape index (κ3) is 6.09. The van der Waals surface area contributed by atoms with Crippen molar-refractivity contribution in [2.45, 2.75) is 59.1 Å². The first-order valence-corrected chi connectivity index (χ1v) is 12.3. The molecule has 1 N–H and O–H groups in total. The summed E-state index contributed by atoms with van der Waals surface area (Å²) in [6.45, 7) is 11.1. The van der Waals surface area contributed by atoms with Crippen LogP contribution >= 0.6 is 11.3 Å². The lowest BCUT2D eigenvalue weighted by atomic mass is 10.00. The van der Waals surface area contributed by atoms with Gasteiger partial charge in [0.2, 0.25) is 5.91 Å². The predicted molar refractivity (Wildman–Crippen MR) is 127 cm³/mol. The highest BCUT2D eigenvalue weighted by atomic mass is 32.1. The molecule has 0 bridgehead atoms. The Morgan fingerprint density at radius 2 is 2.13 bits per heavy atom. The molecule has 2 atom stereocenters. The lowest BCUT2D eigenvalue weighted by Crippen LogP contribution is -2.47. The Bertz CT molecular complexity index is 866. The molecular weight excluding hydrogens is 408 g/mol. The maximum Gasteiger partial charge on any atom is 0.237 e. The number of aliphatic hydroxyl groups is 1. The van der Waals surface area contributed by atoms with Crippen molar-refractivity contribution in [1.82, 2.24) is 9.80 Å². The first-order chi connectivity index (χ1) is 14.9. The van der Waals surface area contributed by atoms with Gasteiger partial charge in [0, 0.05) is 18.0 Å². The van der Waals surface area contributed by atoms with E-state index in [0.29, 0.717) is 32.7 Å². The second kappa shape index (κ2) is 11.1. The first kappa shape index (κ1) is 23.8. The molecule has 0 radical (unpaired) electrons. The van der Waals surface area contributed by atoms with E-state index in [1.807, 2.05) is 17.9 Å². The number of rotatable bonds is 10. The van der Waals surface area contributed by atoms with Crippen molar-refractivity contribution in [2.24, 2.45) is 0 Å². The lowest BCUT2D eigenvalue weighted by molar-refractivity contribution is -0.136. The number of fused-ring (bicyclic) bond motifs is 1. The third-order valence-corrected chi connectivity index (χ3v) is 6.98. The average Bonchev–Trinajstić information content (AvgIpc) is 3.22. The molecule has 0 saturated carbocycles. The highest BCUT2D eigenvalue weighted by Gasteiger charge is 2.33. The van der Waals surface area contributed by atoms with Gasteiger partial charge in [-0.15, -0.1) is 11.3 Å². The summed E-state index contributed by atoms with van der Waals surface area (Å²) < 4.78 is 6.23. The molecule has 0 spiro atoms. The molecule has 1 aromatic heterocycles. The van der Waals surface area contributed by atoms with Gasteiger partial charge < -0.3 is 14.7 Å². The number of aryl methyl sites for hydroxylation is 2. The number of thiophene rings is 1. The molecule has 0 fully saturated rings. The first-order valence-electron chi connectivity index (χ1n) is 11.4. The molecule has 1 aliphatic rings.